The normalized spacial score (nSPS) is 32.6. The number of nitrogens with zero attached hydrogens (tertiary/aromatic N) is 2. The first-order chi connectivity index (χ1) is 13.1. The molecule has 158 valence electrons. The van der Waals surface area contributed by atoms with Crippen LogP contribution in [-0.2, 0) is 19.1 Å². The Morgan fingerprint density at radius 2 is 1.93 bits per heavy atom. The van der Waals surface area contributed by atoms with Crippen LogP contribution in [0.4, 0.5) is 4.79 Å². The van der Waals surface area contributed by atoms with Gasteiger partial charge >= 0.3 is 12.1 Å². The van der Waals surface area contributed by atoms with Gasteiger partial charge in [-0.2, -0.15) is 0 Å². The number of esters is 1. The van der Waals surface area contributed by atoms with E-state index >= 15 is 0 Å². The fourth-order valence-corrected chi connectivity index (χ4v) is 4.99. The summed E-state index contributed by atoms with van der Waals surface area (Å²) in [5.74, 6) is -0.309. The van der Waals surface area contributed by atoms with Crippen molar-refractivity contribution >= 4 is 18.0 Å². The predicted molar refractivity (Wildman–Crippen MR) is 102 cm³/mol. The second-order valence-electron chi connectivity index (χ2n) is 9.09. The van der Waals surface area contributed by atoms with Gasteiger partial charge < -0.3 is 25.0 Å². The molecule has 2 amide bonds. The molecule has 5 atom stereocenters. The standard InChI is InChI=1S/C20H33N3O5/c1-5-27-17(24)11-16-13-10-12(23(16)19(26)28-20(2,3)4)6-7-15(13)22-9-8-14(21)18(22)25/h12-16H,5-11,21H2,1-4H3/t12-,13-,14+,15+,16-/m1/s1. The zero-order chi connectivity index (χ0) is 20.6. The zero-order valence-electron chi connectivity index (χ0n) is 17.3. The van der Waals surface area contributed by atoms with Crippen LogP contribution in [0.5, 0.6) is 0 Å². The molecule has 0 aromatic carbocycles. The van der Waals surface area contributed by atoms with E-state index in [9.17, 15) is 14.4 Å². The number of carbonyl (C=O) groups excluding carboxylic acids is 3. The van der Waals surface area contributed by atoms with E-state index in [0.29, 0.717) is 19.6 Å². The topological polar surface area (TPSA) is 102 Å². The Kier molecular flexibility index (Phi) is 5.89. The molecule has 0 radical (unpaired) electrons. The maximum absolute atomic E-state index is 12.9. The number of hydrogen-bond donors (Lipinski definition) is 1. The van der Waals surface area contributed by atoms with Gasteiger partial charge in [0, 0.05) is 24.5 Å². The molecule has 2 aliphatic heterocycles. The Hall–Kier alpha value is -1.83. The molecule has 0 aromatic rings. The van der Waals surface area contributed by atoms with Gasteiger partial charge in [-0.3, -0.25) is 9.59 Å². The van der Waals surface area contributed by atoms with Crippen molar-refractivity contribution in [1.29, 1.82) is 0 Å². The molecule has 8 nitrogen and oxygen atoms in total. The molecular formula is C20H33N3O5. The van der Waals surface area contributed by atoms with E-state index in [4.69, 9.17) is 15.2 Å². The van der Waals surface area contributed by atoms with Gasteiger partial charge in [0.1, 0.15) is 5.60 Å². The molecule has 3 aliphatic rings. The smallest absolute Gasteiger partial charge is 0.410 e. The second-order valence-corrected chi connectivity index (χ2v) is 9.09. The highest BCUT2D eigenvalue weighted by molar-refractivity contribution is 5.84. The van der Waals surface area contributed by atoms with Gasteiger partial charge in [0.05, 0.1) is 25.1 Å². The highest BCUT2D eigenvalue weighted by atomic mass is 16.6. The molecule has 1 aliphatic carbocycles. The minimum Gasteiger partial charge on any atom is -0.466 e. The third-order valence-corrected chi connectivity index (χ3v) is 6.05. The summed E-state index contributed by atoms with van der Waals surface area (Å²) < 4.78 is 10.8. The molecule has 2 N–H and O–H groups in total. The van der Waals surface area contributed by atoms with E-state index < -0.39 is 11.6 Å². The van der Waals surface area contributed by atoms with Gasteiger partial charge in [-0.15, -0.1) is 0 Å². The maximum atomic E-state index is 12.9. The van der Waals surface area contributed by atoms with E-state index in [1.807, 2.05) is 25.7 Å². The second kappa shape index (κ2) is 7.89. The lowest BCUT2D eigenvalue weighted by Crippen LogP contribution is -2.49. The average Bonchev–Trinajstić information content (AvgIpc) is 3.06. The van der Waals surface area contributed by atoms with Crippen molar-refractivity contribution < 1.29 is 23.9 Å². The van der Waals surface area contributed by atoms with Gasteiger partial charge in [0.2, 0.25) is 5.91 Å². The molecule has 0 spiro atoms. The van der Waals surface area contributed by atoms with Gasteiger partial charge in [0.25, 0.3) is 0 Å². The zero-order valence-corrected chi connectivity index (χ0v) is 17.3. The van der Waals surface area contributed by atoms with Crippen LogP contribution in [0.3, 0.4) is 0 Å². The Morgan fingerprint density at radius 3 is 2.50 bits per heavy atom. The average molecular weight is 396 g/mol. The summed E-state index contributed by atoms with van der Waals surface area (Å²) in [6.45, 7) is 8.21. The van der Waals surface area contributed by atoms with E-state index in [0.717, 1.165) is 19.3 Å². The number of nitrogens with two attached hydrogens (primary N) is 1. The first-order valence-corrected chi connectivity index (χ1v) is 10.4. The summed E-state index contributed by atoms with van der Waals surface area (Å²) in [6, 6.07) is -0.730. The SMILES string of the molecule is CCOC(=O)C[C@@H]1[C@@H]2C[C@@H](CC[C@@H]2N2CC[C@H](N)C2=O)N1C(=O)OC(C)(C)C. The quantitative estimate of drug-likeness (QED) is 0.726. The number of carbonyl (C=O) groups is 3. The van der Waals surface area contributed by atoms with Crippen LogP contribution in [0.15, 0.2) is 0 Å². The lowest BCUT2D eigenvalue weighted by molar-refractivity contribution is -0.144. The van der Waals surface area contributed by atoms with Crippen LogP contribution < -0.4 is 5.73 Å². The first kappa shape index (κ1) is 20.9. The van der Waals surface area contributed by atoms with Crippen LogP contribution >= 0.6 is 0 Å². The number of amides is 2. The molecule has 28 heavy (non-hydrogen) atoms. The molecule has 2 heterocycles. The van der Waals surface area contributed by atoms with Crippen molar-refractivity contribution in [3.8, 4) is 0 Å². The molecule has 2 bridgehead atoms. The lowest BCUT2D eigenvalue weighted by atomic mass is 9.81. The molecule has 8 heteroatoms. The predicted octanol–water partition coefficient (Wildman–Crippen LogP) is 1.66. The summed E-state index contributed by atoms with van der Waals surface area (Å²) >= 11 is 0. The van der Waals surface area contributed by atoms with Crippen LogP contribution in [0, 0.1) is 5.92 Å². The highest BCUT2D eigenvalue weighted by Crippen LogP contribution is 2.45. The van der Waals surface area contributed by atoms with Crippen LogP contribution in [0.2, 0.25) is 0 Å². The van der Waals surface area contributed by atoms with E-state index in [1.54, 1.807) is 11.8 Å². The molecule has 0 unspecified atom stereocenters. The lowest BCUT2D eigenvalue weighted by Gasteiger charge is -2.36. The Balaban J connectivity index is 1.84. The highest BCUT2D eigenvalue weighted by Gasteiger charge is 2.54. The number of ether oxygens (including phenoxy) is 2. The van der Waals surface area contributed by atoms with Crippen molar-refractivity contribution in [1.82, 2.24) is 9.80 Å². The summed E-state index contributed by atoms with van der Waals surface area (Å²) in [6.07, 6.45) is 2.76. The van der Waals surface area contributed by atoms with Crippen LogP contribution in [0.1, 0.15) is 59.8 Å². The van der Waals surface area contributed by atoms with Crippen LogP contribution in [0.25, 0.3) is 0 Å². The molecule has 3 fully saturated rings. The largest absolute Gasteiger partial charge is 0.466 e. The van der Waals surface area contributed by atoms with Crippen molar-refractivity contribution in [3.63, 3.8) is 0 Å². The molecule has 1 saturated carbocycles. The third-order valence-electron chi connectivity index (χ3n) is 6.05. The minimum absolute atomic E-state index is 0.00385. The Bertz CT molecular complexity index is 632. The summed E-state index contributed by atoms with van der Waals surface area (Å²) in [4.78, 5) is 41.4. The minimum atomic E-state index is -0.612. The van der Waals surface area contributed by atoms with Crippen molar-refractivity contribution in [2.45, 2.75) is 89.6 Å². The molecule has 2 saturated heterocycles. The van der Waals surface area contributed by atoms with E-state index in [2.05, 4.69) is 0 Å². The van der Waals surface area contributed by atoms with Gasteiger partial charge in [0.15, 0.2) is 0 Å². The van der Waals surface area contributed by atoms with Crippen molar-refractivity contribution in [3.05, 3.63) is 0 Å². The number of hydrogen-bond acceptors (Lipinski definition) is 6. The van der Waals surface area contributed by atoms with Gasteiger partial charge in [-0.1, -0.05) is 0 Å². The van der Waals surface area contributed by atoms with Gasteiger partial charge in [-0.05, 0) is 53.4 Å². The summed E-state index contributed by atoms with van der Waals surface area (Å²) in [5, 5.41) is 0. The third kappa shape index (κ3) is 4.11. The number of fused-ring (bicyclic) bond motifs is 2. The van der Waals surface area contributed by atoms with E-state index in [-0.39, 0.29) is 48.4 Å². The summed E-state index contributed by atoms with van der Waals surface area (Å²) in [7, 11) is 0. The molecule has 3 rings (SSSR count). The number of likely N-dealkylation sites (tertiary alicyclic amines) is 2. The van der Waals surface area contributed by atoms with Crippen molar-refractivity contribution in [2.75, 3.05) is 13.2 Å². The van der Waals surface area contributed by atoms with Crippen LogP contribution in [-0.4, -0.2) is 70.7 Å². The Labute approximate surface area is 166 Å². The fourth-order valence-electron chi connectivity index (χ4n) is 4.99. The molecular weight excluding hydrogens is 362 g/mol. The first-order valence-electron chi connectivity index (χ1n) is 10.4. The van der Waals surface area contributed by atoms with Gasteiger partial charge in [-0.25, -0.2) is 4.79 Å². The van der Waals surface area contributed by atoms with E-state index in [1.165, 1.54) is 0 Å². The number of rotatable bonds is 4. The van der Waals surface area contributed by atoms with Crippen molar-refractivity contribution in [2.24, 2.45) is 11.7 Å². The maximum Gasteiger partial charge on any atom is 0.410 e. The Morgan fingerprint density at radius 1 is 1.21 bits per heavy atom. The fraction of sp³-hybridized carbons (Fsp3) is 0.850. The summed E-state index contributed by atoms with van der Waals surface area (Å²) in [5.41, 5.74) is 5.31. The monoisotopic (exact) mass is 395 g/mol. The molecule has 0 aromatic heterocycles.